The van der Waals surface area contributed by atoms with E-state index in [-0.39, 0.29) is 11.8 Å². The number of allylic oxidation sites excluding steroid dienone is 1. The van der Waals surface area contributed by atoms with Gasteiger partial charge in [0.25, 0.3) is 0 Å². The van der Waals surface area contributed by atoms with E-state index in [9.17, 15) is 9.59 Å². The topological polar surface area (TPSA) is 93.5 Å². The summed E-state index contributed by atoms with van der Waals surface area (Å²) < 4.78 is 0. The molecule has 0 aromatic carbocycles. The standard InChI is InChI=1S/C15H23N3O3/c1-17-13-8-10(9-19)2-3-12(13)14(16)18-6-4-11(5-7-18)15(20)21/h9-11,16-17H,2-8H2,1H3,(H,20,21). The number of carbonyl (C=O) groups excluding carboxylic acids is 1. The van der Waals surface area contributed by atoms with Crippen LogP contribution < -0.4 is 5.32 Å². The second kappa shape index (κ2) is 6.74. The van der Waals surface area contributed by atoms with Crippen LogP contribution in [0, 0.1) is 17.2 Å². The van der Waals surface area contributed by atoms with Crippen molar-refractivity contribution in [1.82, 2.24) is 10.2 Å². The van der Waals surface area contributed by atoms with Crippen molar-refractivity contribution in [2.75, 3.05) is 20.1 Å². The number of aliphatic carboxylic acids is 1. The minimum absolute atomic E-state index is 0.0433. The first kappa shape index (κ1) is 15.5. The fourth-order valence-corrected chi connectivity index (χ4v) is 3.14. The number of carboxylic acid groups (broad SMARTS) is 1. The Morgan fingerprint density at radius 3 is 2.57 bits per heavy atom. The maximum absolute atomic E-state index is 11.0. The summed E-state index contributed by atoms with van der Waals surface area (Å²) in [6.07, 6.45) is 4.38. The van der Waals surface area contributed by atoms with E-state index in [0.717, 1.165) is 30.4 Å². The molecule has 21 heavy (non-hydrogen) atoms. The Morgan fingerprint density at radius 1 is 1.38 bits per heavy atom. The Labute approximate surface area is 124 Å². The minimum Gasteiger partial charge on any atom is -0.481 e. The summed E-state index contributed by atoms with van der Waals surface area (Å²) in [5.74, 6) is -0.477. The summed E-state index contributed by atoms with van der Waals surface area (Å²) in [6, 6.07) is 0. The Bertz CT molecular complexity index is 465. The first-order valence-corrected chi connectivity index (χ1v) is 7.48. The first-order chi connectivity index (χ1) is 10.1. The largest absolute Gasteiger partial charge is 0.481 e. The van der Waals surface area contributed by atoms with Gasteiger partial charge in [0.1, 0.15) is 12.1 Å². The van der Waals surface area contributed by atoms with Gasteiger partial charge in [0.2, 0.25) is 0 Å². The van der Waals surface area contributed by atoms with Gasteiger partial charge in [-0.05, 0) is 32.1 Å². The molecular weight excluding hydrogens is 270 g/mol. The van der Waals surface area contributed by atoms with Crippen LogP contribution in [0.25, 0.3) is 0 Å². The number of nitrogens with zero attached hydrogens (tertiary/aromatic N) is 1. The van der Waals surface area contributed by atoms with Gasteiger partial charge < -0.3 is 20.1 Å². The van der Waals surface area contributed by atoms with Crippen molar-refractivity contribution >= 4 is 18.1 Å². The molecule has 0 saturated carbocycles. The average molecular weight is 293 g/mol. The Morgan fingerprint density at radius 2 is 2.05 bits per heavy atom. The molecule has 6 heteroatoms. The van der Waals surface area contributed by atoms with Crippen molar-refractivity contribution in [3.8, 4) is 0 Å². The van der Waals surface area contributed by atoms with E-state index < -0.39 is 5.97 Å². The summed E-state index contributed by atoms with van der Waals surface area (Å²) in [4.78, 5) is 23.9. The molecule has 1 unspecified atom stereocenters. The third kappa shape index (κ3) is 3.43. The van der Waals surface area contributed by atoms with E-state index in [0.29, 0.717) is 38.2 Å². The first-order valence-electron chi connectivity index (χ1n) is 7.48. The number of amidine groups is 1. The number of piperidine rings is 1. The summed E-state index contributed by atoms with van der Waals surface area (Å²) in [5.41, 5.74) is 1.95. The normalized spacial score (nSPS) is 23.9. The number of rotatable bonds is 4. The van der Waals surface area contributed by atoms with Crippen molar-refractivity contribution in [2.45, 2.75) is 32.1 Å². The van der Waals surface area contributed by atoms with Crippen molar-refractivity contribution in [3.05, 3.63) is 11.3 Å². The summed E-state index contributed by atoms with van der Waals surface area (Å²) in [6.45, 7) is 1.24. The molecule has 0 radical (unpaired) electrons. The molecular formula is C15H23N3O3. The minimum atomic E-state index is -0.734. The zero-order chi connectivity index (χ0) is 15.4. The van der Waals surface area contributed by atoms with Crippen molar-refractivity contribution in [2.24, 2.45) is 11.8 Å². The molecule has 0 aromatic rings. The van der Waals surface area contributed by atoms with E-state index in [1.807, 2.05) is 11.9 Å². The lowest BCUT2D eigenvalue weighted by Crippen LogP contribution is -2.41. The SMILES string of the molecule is CNC1=C(C(=N)N2CCC(C(=O)O)CC2)CCC(C=O)C1. The number of hydrogen-bond donors (Lipinski definition) is 3. The van der Waals surface area contributed by atoms with Crippen LogP contribution in [0.4, 0.5) is 0 Å². The molecule has 116 valence electrons. The van der Waals surface area contributed by atoms with Gasteiger partial charge in [0.15, 0.2) is 0 Å². The molecule has 6 nitrogen and oxygen atoms in total. The van der Waals surface area contributed by atoms with Crippen molar-refractivity contribution < 1.29 is 14.7 Å². The van der Waals surface area contributed by atoms with E-state index in [2.05, 4.69) is 5.32 Å². The lowest BCUT2D eigenvalue weighted by Gasteiger charge is -2.35. The molecule has 1 aliphatic heterocycles. The van der Waals surface area contributed by atoms with Gasteiger partial charge in [-0.25, -0.2) is 0 Å². The number of aldehydes is 1. The molecule has 1 saturated heterocycles. The molecule has 0 bridgehead atoms. The predicted octanol–water partition coefficient (Wildman–Crippen LogP) is 1.23. The Balaban J connectivity index is 2.04. The highest BCUT2D eigenvalue weighted by atomic mass is 16.4. The second-order valence-electron chi connectivity index (χ2n) is 5.79. The smallest absolute Gasteiger partial charge is 0.306 e. The van der Waals surface area contributed by atoms with Gasteiger partial charge in [-0.1, -0.05) is 0 Å². The average Bonchev–Trinajstić information content (AvgIpc) is 2.53. The van der Waals surface area contributed by atoms with Crippen molar-refractivity contribution in [1.29, 1.82) is 5.41 Å². The fraction of sp³-hybridized carbons (Fsp3) is 0.667. The van der Waals surface area contributed by atoms with Crippen LogP contribution in [0.1, 0.15) is 32.1 Å². The van der Waals surface area contributed by atoms with Gasteiger partial charge in [0.05, 0.1) is 5.92 Å². The highest BCUT2D eigenvalue weighted by Crippen LogP contribution is 2.29. The van der Waals surface area contributed by atoms with E-state index >= 15 is 0 Å². The summed E-state index contributed by atoms with van der Waals surface area (Å²) in [7, 11) is 1.83. The molecule has 1 aliphatic carbocycles. The molecule has 1 heterocycles. The summed E-state index contributed by atoms with van der Waals surface area (Å²) >= 11 is 0. The molecule has 1 fully saturated rings. The van der Waals surface area contributed by atoms with Crippen LogP contribution in [-0.2, 0) is 9.59 Å². The van der Waals surface area contributed by atoms with Gasteiger partial charge in [0, 0.05) is 37.3 Å². The molecule has 2 aliphatic rings. The highest BCUT2D eigenvalue weighted by molar-refractivity contribution is 5.97. The van der Waals surface area contributed by atoms with E-state index in [4.69, 9.17) is 10.5 Å². The lowest BCUT2D eigenvalue weighted by molar-refractivity contribution is -0.143. The van der Waals surface area contributed by atoms with Crippen LogP contribution in [0.2, 0.25) is 0 Å². The lowest BCUT2D eigenvalue weighted by atomic mass is 9.86. The van der Waals surface area contributed by atoms with Gasteiger partial charge in [-0.2, -0.15) is 0 Å². The van der Waals surface area contributed by atoms with Crippen LogP contribution in [-0.4, -0.2) is 48.2 Å². The van der Waals surface area contributed by atoms with Crippen molar-refractivity contribution in [3.63, 3.8) is 0 Å². The zero-order valence-corrected chi connectivity index (χ0v) is 12.4. The molecule has 0 aromatic heterocycles. The Kier molecular flexibility index (Phi) is 4.98. The molecule has 1 atom stereocenters. The third-order valence-electron chi connectivity index (χ3n) is 4.54. The summed E-state index contributed by atoms with van der Waals surface area (Å²) in [5, 5.41) is 20.5. The highest BCUT2D eigenvalue weighted by Gasteiger charge is 2.29. The number of nitrogens with one attached hydrogen (secondary N) is 2. The van der Waals surface area contributed by atoms with E-state index in [1.165, 1.54) is 0 Å². The van der Waals surface area contributed by atoms with E-state index in [1.54, 1.807) is 0 Å². The quantitative estimate of drug-likeness (QED) is 0.412. The van der Waals surface area contributed by atoms with Crippen LogP contribution in [0.15, 0.2) is 11.3 Å². The van der Waals surface area contributed by atoms with Gasteiger partial charge in [-0.15, -0.1) is 0 Å². The van der Waals surface area contributed by atoms with Crippen LogP contribution >= 0.6 is 0 Å². The van der Waals surface area contributed by atoms with Crippen LogP contribution in [0.5, 0.6) is 0 Å². The molecule has 3 N–H and O–H groups in total. The maximum Gasteiger partial charge on any atom is 0.306 e. The predicted molar refractivity (Wildman–Crippen MR) is 79.2 cm³/mol. The third-order valence-corrected chi connectivity index (χ3v) is 4.54. The number of carboxylic acids is 1. The fourth-order valence-electron chi connectivity index (χ4n) is 3.14. The monoisotopic (exact) mass is 293 g/mol. The van der Waals surface area contributed by atoms with Crippen LogP contribution in [0.3, 0.4) is 0 Å². The molecule has 0 amide bonds. The second-order valence-corrected chi connectivity index (χ2v) is 5.79. The molecule has 0 spiro atoms. The number of carbonyl (C=O) groups is 2. The number of likely N-dealkylation sites (tertiary alicyclic amines) is 1. The Hall–Kier alpha value is -1.85. The van der Waals surface area contributed by atoms with Gasteiger partial charge >= 0.3 is 5.97 Å². The number of hydrogen-bond acceptors (Lipinski definition) is 4. The zero-order valence-electron chi connectivity index (χ0n) is 12.4. The maximum atomic E-state index is 11.0. The van der Waals surface area contributed by atoms with Gasteiger partial charge in [-0.3, -0.25) is 10.2 Å². The molecule has 2 rings (SSSR count).